The van der Waals surface area contributed by atoms with E-state index in [1.807, 2.05) is 39.4 Å². The van der Waals surface area contributed by atoms with Gasteiger partial charge in [-0.25, -0.2) is 12.4 Å². The van der Waals surface area contributed by atoms with E-state index < -0.39 is 10.0 Å². The van der Waals surface area contributed by atoms with Crippen molar-refractivity contribution in [2.45, 2.75) is 21.6 Å². The highest BCUT2D eigenvalue weighted by Crippen LogP contribution is 2.38. The molecule has 0 amide bonds. The largest absolute Gasteiger partial charge is 0.497 e. The molecule has 8 heteroatoms. The van der Waals surface area contributed by atoms with E-state index in [1.54, 1.807) is 54.9 Å². The standard InChI is InChI=1S/C21H26N2O3S3/c1-15-21(28-13-12-22(2)3)19-14-17(27-5)8-11-20(19)23(15)29(24,25)18-9-6-16(26-4)7-10-18/h6-11,14H,12-13H2,1-5H3. The monoisotopic (exact) mass is 450 g/mol. The van der Waals surface area contributed by atoms with Crippen molar-refractivity contribution in [3.63, 3.8) is 0 Å². The smallest absolute Gasteiger partial charge is 0.268 e. The van der Waals surface area contributed by atoms with Crippen molar-refractivity contribution in [1.82, 2.24) is 8.87 Å². The zero-order valence-electron chi connectivity index (χ0n) is 17.3. The highest BCUT2D eigenvalue weighted by Gasteiger charge is 2.25. The van der Waals surface area contributed by atoms with Gasteiger partial charge in [0.25, 0.3) is 10.0 Å². The molecule has 156 valence electrons. The third-order valence-electron chi connectivity index (χ3n) is 4.68. The van der Waals surface area contributed by atoms with Gasteiger partial charge in [0.05, 0.1) is 17.5 Å². The molecular formula is C21H26N2O3S3. The summed E-state index contributed by atoms with van der Waals surface area (Å²) in [4.78, 5) is 4.51. The molecule has 1 heterocycles. The Morgan fingerprint density at radius 1 is 1.10 bits per heavy atom. The third kappa shape index (κ3) is 4.45. The van der Waals surface area contributed by atoms with Crippen LogP contribution in [-0.4, -0.2) is 57.0 Å². The van der Waals surface area contributed by atoms with Gasteiger partial charge in [-0.3, -0.25) is 0 Å². The van der Waals surface area contributed by atoms with Crippen LogP contribution in [0.15, 0.2) is 57.2 Å². The quantitative estimate of drug-likeness (QED) is 0.469. The van der Waals surface area contributed by atoms with Crippen LogP contribution in [0.3, 0.4) is 0 Å². The maximum absolute atomic E-state index is 13.5. The minimum atomic E-state index is -3.73. The van der Waals surface area contributed by atoms with Crippen LogP contribution in [-0.2, 0) is 10.0 Å². The Morgan fingerprint density at radius 3 is 2.38 bits per heavy atom. The van der Waals surface area contributed by atoms with Gasteiger partial charge < -0.3 is 9.64 Å². The Kier molecular flexibility index (Phi) is 6.88. The highest BCUT2D eigenvalue weighted by molar-refractivity contribution is 7.99. The molecule has 3 aromatic rings. The summed E-state index contributed by atoms with van der Waals surface area (Å²) >= 11 is 3.36. The second-order valence-electron chi connectivity index (χ2n) is 6.89. The molecule has 0 fully saturated rings. The van der Waals surface area contributed by atoms with Gasteiger partial charge in [-0.2, -0.15) is 0 Å². The van der Waals surface area contributed by atoms with Crippen molar-refractivity contribution in [3.05, 3.63) is 48.2 Å². The molecule has 0 aliphatic rings. The minimum Gasteiger partial charge on any atom is -0.497 e. The molecule has 0 unspecified atom stereocenters. The summed E-state index contributed by atoms with van der Waals surface area (Å²) in [6.45, 7) is 2.81. The number of ether oxygens (including phenoxy) is 1. The number of hydrogen-bond donors (Lipinski definition) is 0. The van der Waals surface area contributed by atoms with E-state index in [0.29, 0.717) is 11.3 Å². The predicted molar refractivity (Wildman–Crippen MR) is 123 cm³/mol. The fourth-order valence-electron chi connectivity index (χ4n) is 3.14. The van der Waals surface area contributed by atoms with Crippen LogP contribution in [0.2, 0.25) is 0 Å². The first-order chi connectivity index (χ1) is 13.8. The number of benzene rings is 2. The second-order valence-corrected chi connectivity index (χ2v) is 10.7. The molecule has 0 N–H and O–H groups in total. The summed E-state index contributed by atoms with van der Waals surface area (Å²) < 4.78 is 33.7. The fraction of sp³-hybridized carbons (Fsp3) is 0.333. The van der Waals surface area contributed by atoms with Gasteiger partial charge in [-0.15, -0.1) is 23.5 Å². The first-order valence-electron chi connectivity index (χ1n) is 9.15. The molecule has 0 saturated heterocycles. The first kappa shape index (κ1) is 22.1. The normalized spacial score (nSPS) is 12.1. The van der Waals surface area contributed by atoms with Gasteiger partial charge in [0, 0.05) is 33.2 Å². The molecule has 5 nitrogen and oxygen atoms in total. The Morgan fingerprint density at radius 2 is 1.79 bits per heavy atom. The van der Waals surface area contributed by atoms with Crippen molar-refractivity contribution in [3.8, 4) is 5.75 Å². The molecule has 0 spiro atoms. The van der Waals surface area contributed by atoms with Gasteiger partial charge >= 0.3 is 0 Å². The van der Waals surface area contributed by atoms with Gasteiger partial charge in [-0.1, -0.05) is 0 Å². The molecular weight excluding hydrogens is 424 g/mol. The molecule has 0 aliphatic carbocycles. The molecule has 3 rings (SSSR count). The fourth-order valence-corrected chi connectivity index (χ4v) is 6.48. The zero-order chi connectivity index (χ0) is 21.2. The Balaban J connectivity index is 2.16. The van der Waals surface area contributed by atoms with E-state index in [0.717, 1.165) is 33.2 Å². The number of rotatable bonds is 8. The van der Waals surface area contributed by atoms with Crippen molar-refractivity contribution >= 4 is 44.4 Å². The van der Waals surface area contributed by atoms with E-state index in [2.05, 4.69) is 11.0 Å². The number of aromatic nitrogens is 1. The summed E-state index contributed by atoms with van der Waals surface area (Å²) in [6, 6.07) is 12.5. The predicted octanol–water partition coefficient (Wildman–Crippen LogP) is 4.57. The van der Waals surface area contributed by atoms with Crippen LogP contribution in [0.4, 0.5) is 0 Å². The van der Waals surface area contributed by atoms with Gasteiger partial charge in [0.2, 0.25) is 0 Å². The van der Waals surface area contributed by atoms with Crippen molar-refractivity contribution in [2.75, 3.05) is 39.8 Å². The number of hydrogen-bond acceptors (Lipinski definition) is 6. The molecule has 0 aliphatic heterocycles. The molecule has 0 atom stereocenters. The van der Waals surface area contributed by atoms with E-state index in [4.69, 9.17) is 4.74 Å². The maximum Gasteiger partial charge on any atom is 0.268 e. The number of nitrogens with zero attached hydrogens (tertiary/aromatic N) is 2. The van der Waals surface area contributed by atoms with Crippen LogP contribution >= 0.6 is 23.5 Å². The van der Waals surface area contributed by atoms with Crippen molar-refractivity contribution < 1.29 is 13.2 Å². The first-order valence-corrected chi connectivity index (χ1v) is 12.8. The number of fused-ring (bicyclic) bond motifs is 1. The van der Waals surface area contributed by atoms with Gasteiger partial charge in [-0.05, 0) is 69.7 Å². The SMILES string of the molecule is COc1ccc(S(=O)(=O)n2c(C)c(SCCN(C)C)c3cc(SC)ccc32)cc1. The molecule has 0 radical (unpaired) electrons. The lowest BCUT2D eigenvalue weighted by molar-refractivity contribution is 0.414. The zero-order valence-corrected chi connectivity index (χ0v) is 19.7. The maximum atomic E-state index is 13.5. The number of methoxy groups -OCH3 is 1. The summed E-state index contributed by atoms with van der Waals surface area (Å²) in [5.74, 6) is 1.52. The van der Waals surface area contributed by atoms with Crippen molar-refractivity contribution in [2.24, 2.45) is 0 Å². The molecule has 29 heavy (non-hydrogen) atoms. The van der Waals surface area contributed by atoms with Crippen LogP contribution in [0.5, 0.6) is 5.75 Å². The van der Waals surface area contributed by atoms with Crippen molar-refractivity contribution in [1.29, 1.82) is 0 Å². The van der Waals surface area contributed by atoms with Crippen LogP contribution < -0.4 is 4.74 Å². The second kappa shape index (κ2) is 9.04. The molecule has 2 aromatic carbocycles. The lowest BCUT2D eigenvalue weighted by Crippen LogP contribution is -2.15. The summed E-state index contributed by atoms with van der Waals surface area (Å²) in [6.07, 6.45) is 2.03. The van der Waals surface area contributed by atoms with Crippen LogP contribution in [0.25, 0.3) is 10.9 Å². The molecule has 0 bridgehead atoms. The third-order valence-corrected chi connectivity index (χ3v) is 8.42. The average molecular weight is 451 g/mol. The topological polar surface area (TPSA) is 51.5 Å². The van der Waals surface area contributed by atoms with E-state index in [-0.39, 0.29) is 4.90 Å². The Labute approximate surface area is 181 Å². The summed E-state index contributed by atoms with van der Waals surface area (Å²) in [7, 11) is 1.91. The van der Waals surface area contributed by atoms with Crippen LogP contribution in [0, 0.1) is 6.92 Å². The summed E-state index contributed by atoms with van der Waals surface area (Å²) in [5, 5.41) is 0.982. The van der Waals surface area contributed by atoms with E-state index in [9.17, 15) is 8.42 Å². The Bertz CT molecular complexity index is 1100. The number of thioether (sulfide) groups is 2. The lowest BCUT2D eigenvalue weighted by atomic mass is 10.2. The Hall–Kier alpha value is -1.61. The average Bonchev–Trinajstić information content (AvgIpc) is 2.99. The van der Waals surface area contributed by atoms with E-state index >= 15 is 0 Å². The summed E-state index contributed by atoms with van der Waals surface area (Å²) in [5.41, 5.74) is 1.46. The van der Waals surface area contributed by atoms with E-state index in [1.165, 1.54) is 3.97 Å². The van der Waals surface area contributed by atoms with Gasteiger partial charge in [0.1, 0.15) is 5.75 Å². The molecule has 1 aromatic heterocycles. The highest BCUT2D eigenvalue weighted by atomic mass is 32.2. The minimum absolute atomic E-state index is 0.247. The molecule has 0 saturated carbocycles. The van der Waals surface area contributed by atoms with Crippen LogP contribution in [0.1, 0.15) is 5.69 Å². The van der Waals surface area contributed by atoms with Gasteiger partial charge in [0.15, 0.2) is 0 Å². The lowest BCUT2D eigenvalue weighted by Gasteiger charge is -2.11.